The van der Waals surface area contributed by atoms with Gasteiger partial charge in [-0.3, -0.25) is 9.59 Å². The maximum absolute atomic E-state index is 13.6. The quantitative estimate of drug-likeness (QED) is 0.268. The standard InChI is InChI=1S/C28H25BrN4O3S2/c1-16-8-13-23(38-16)26-20(14-30)28(37-15-24(34)32-19-11-9-18(29)10-12-19)31-17(2)25(26)27(35)33-21-6-4-5-7-22(21)36-3/h4-13,26,31H,15H2,1-3H3,(H,32,34)(H,33,35)/t26-/m0/s1. The maximum atomic E-state index is 13.6. The number of aryl methyl sites for hydroxylation is 1. The van der Waals surface area contributed by atoms with Gasteiger partial charge in [-0.1, -0.05) is 39.8 Å². The second-order valence-corrected chi connectivity index (χ2v) is 11.6. The van der Waals surface area contributed by atoms with Gasteiger partial charge in [-0.15, -0.1) is 11.3 Å². The van der Waals surface area contributed by atoms with E-state index in [1.54, 1.807) is 38.3 Å². The van der Waals surface area contributed by atoms with Crippen LogP contribution in [0.5, 0.6) is 5.75 Å². The minimum absolute atomic E-state index is 0.0930. The Balaban J connectivity index is 1.61. The summed E-state index contributed by atoms with van der Waals surface area (Å²) < 4.78 is 6.31. The first kappa shape index (κ1) is 27.5. The molecule has 0 radical (unpaired) electrons. The molecule has 0 unspecified atom stereocenters. The van der Waals surface area contributed by atoms with Gasteiger partial charge in [0.25, 0.3) is 5.91 Å². The molecule has 0 saturated carbocycles. The van der Waals surface area contributed by atoms with E-state index in [0.29, 0.717) is 39.0 Å². The van der Waals surface area contributed by atoms with Crippen molar-refractivity contribution in [2.45, 2.75) is 19.8 Å². The first-order chi connectivity index (χ1) is 18.3. The summed E-state index contributed by atoms with van der Waals surface area (Å²) in [5, 5.41) is 19.8. The van der Waals surface area contributed by atoms with Crippen LogP contribution in [0, 0.1) is 18.3 Å². The second-order valence-electron chi connectivity index (χ2n) is 8.40. The summed E-state index contributed by atoms with van der Waals surface area (Å²) in [7, 11) is 1.54. The number of halogens is 1. The van der Waals surface area contributed by atoms with Gasteiger partial charge in [0.1, 0.15) is 5.75 Å². The Morgan fingerprint density at radius 1 is 1.11 bits per heavy atom. The van der Waals surface area contributed by atoms with Crippen LogP contribution in [0.1, 0.15) is 22.6 Å². The molecule has 7 nitrogen and oxygen atoms in total. The highest BCUT2D eigenvalue weighted by Crippen LogP contribution is 2.43. The molecule has 3 N–H and O–H groups in total. The minimum Gasteiger partial charge on any atom is -0.495 e. The first-order valence-electron chi connectivity index (χ1n) is 11.6. The minimum atomic E-state index is -0.577. The normalized spacial score (nSPS) is 15.0. The third-order valence-corrected chi connectivity index (χ3v) is 8.38. The molecule has 1 aromatic heterocycles. The number of anilines is 2. The Hall–Kier alpha value is -3.52. The van der Waals surface area contributed by atoms with E-state index in [1.165, 1.54) is 23.1 Å². The fraction of sp³-hybridized carbons (Fsp3) is 0.179. The summed E-state index contributed by atoms with van der Waals surface area (Å²) in [6.45, 7) is 3.79. The van der Waals surface area contributed by atoms with E-state index in [9.17, 15) is 14.9 Å². The van der Waals surface area contributed by atoms with Crippen LogP contribution in [0.15, 0.2) is 87.0 Å². The number of carbonyl (C=O) groups excluding carboxylic acids is 2. The first-order valence-corrected chi connectivity index (χ1v) is 14.2. The number of thioether (sulfide) groups is 1. The molecule has 0 spiro atoms. The Morgan fingerprint density at radius 2 is 1.84 bits per heavy atom. The predicted molar refractivity (Wildman–Crippen MR) is 157 cm³/mol. The van der Waals surface area contributed by atoms with E-state index in [2.05, 4.69) is 37.9 Å². The molecule has 2 aromatic carbocycles. The topological polar surface area (TPSA) is 103 Å². The van der Waals surface area contributed by atoms with Gasteiger partial charge < -0.3 is 20.7 Å². The van der Waals surface area contributed by atoms with Gasteiger partial charge >= 0.3 is 0 Å². The van der Waals surface area contributed by atoms with Crippen LogP contribution in [0.4, 0.5) is 11.4 Å². The maximum Gasteiger partial charge on any atom is 0.254 e. The molecule has 0 bridgehead atoms. The van der Waals surface area contributed by atoms with E-state index < -0.39 is 5.92 Å². The summed E-state index contributed by atoms with van der Waals surface area (Å²) in [5.41, 5.74) is 2.67. The third-order valence-electron chi connectivity index (χ3n) is 5.77. The fourth-order valence-corrected chi connectivity index (χ4v) is 6.18. The molecule has 0 aliphatic carbocycles. The number of ether oxygens (including phenoxy) is 1. The molecule has 1 atom stereocenters. The predicted octanol–water partition coefficient (Wildman–Crippen LogP) is 6.53. The van der Waals surface area contributed by atoms with Crippen molar-refractivity contribution in [2.75, 3.05) is 23.5 Å². The zero-order valence-corrected chi connectivity index (χ0v) is 24.1. The Morgan fingerprint density at radius 3 is 2.50 bits per heavy atom. The van der Waals surface area contributed by atoms with Crippen LogP contribution in [0.25, 0.3) is 0 Å². The van der Waals surface area contributed by atoms with E-state index in [4.69, 9.17) is 4.74 Å². The van der Waals surface area contributed by atoms with Crippen molar-refractivity contribution in [3.63, 3.8) is 0 Å². The van der Waals surface area contributed by atoms with Crippen molar-refractivity contribution in [3.8, 4) is 11.8 Å². The van der Waals surface area contributed by atoms with Crippen molar-refractivity contribution in [2.24, 2.45) is 0 Å². The molecule has 3 aromatic rings. The average Bonchev–Trinajstić information content (AvgIpc) is 3.34. The van der Waals surface area contributed by atoms with Gasteiger partial charge in [0.05, 0.1) is 41.1 Å². The SMILES string of the molecule is COc1ccccc1NC(=O)C1=C(C)NC(SCC(=O)Nc2ccc(Br)cc2)=C(C#N)[C@H]1c1ccc(C)s1. The number of allylic oxidation sites excluding steroid dienone is 2. The Kier molecular flexibility index (Phi) is 8.94. The van der Waals surface area contributed by atoms with E-state index >= 15 is 0 Å². The number of amides is 2. The molecule has 0 fully saturated rings. The summed E-state index contributed by atoms with van der Waals surface area (Å²) in [4.78, 5) is 28.2. The highest BCUT2D eigenvalue weighted by Gasteiger charge is 2.36. The lowest BCUT2D eigenvalue weighted by Crippen LogP contribution is -2.31. The smallest absolute Gasteiger partial charge is 0.254 e. The van der Waals surface area contributed by atoms with Crippen molar-refractivity contribution in [1.29, 1.82) is 5.26 Å². The number of benzene rings is 2. The van der Waals surface area contributed by atoms with Crippen LogP contribution in [0.2, 0.25) is 0 Å². The van der Waals surface area contributed by atoms with E-state index in [-0.39, 0.29) is 17.6 Å². The highest BCUT2D eigenvalue weighted by atomic mass is 79.9. The van der Waals surface area contributed by atoms with Gasteiger partial charge in [-0.05, 0) is 62.4 Å². The fourth-order valence-electron chi connectivity index (χ4n) is 4.03. The number of hydrogen-bond donors (Lipinski definition) is 3. The van der Waals surface area contributed by atoms with Crippen molar-refractivity contribution < 1.29 is 14.3 Å². The zero-order valence-electron chi connectivity index (χ0n) is 20.9. The molecule has 10 heteroatoms. The summed E-state index contributed by atoms with van der Waals surface area (Å²) in [6, 6.07) is 20.7. The van der Waals surface area contributed by atoms with Crippen molar-refractivity contribution >= 4 is 62.2 Å². The van der Waals surface area contributed by atoms with Crippen molar-refractivity contribution in [1.82, 2.24) is 5.32 Å². The van der Waals surface area contributed by atoms with E-state index in [1.807, 2.05) is 43.3 Å². The van der Waals surface area contributed by atoms with Gasteiger partial charge in [-0.25, -0.2) is 0 Å². The molecule has 1 aliphatic heterocycles. The lowest BCUT2D eigenvalue weighted by molar-refractivity contribution is -0.114. The van der Waals surface area contributed by atoms with E-state index in [0.717, 1.165) is 14.2 Å². The third kappa shape index (κ3) is 6.30. The number of thiophene rings is 1. The number of rotatable bonds is 8. The molecule has 194 valence electrons. The number of methoxy groups -OCH3 is 1. The number of nitrogens with one attached hydrogen (secondary N) is 3. The monoisotopic (exact) mass is 608 g/mol. The molecule has 4 rings (SSSR count). The largest absolute Gasteiger partial charge is 0.495 e. The molecule has 2 amide bonds. The van der Waals surface area contributed by atoms with Crippen LogP contribution in [-0.4, -0.2) is 24.7 Å². The molecule has 2 heterocycles. The van der Waals surface area contributed by atoms with Crippen LogP contribution in [0.3, 0.4) is 0 Å². The van der Waals surface area contributed by atoms with Crippen molar-refractivity contribution in [3.05, 3.63) is 96.8 Å². The molecule has 0 saturated heterocycles. The van der Waals surface area contributed by atoms with Gasteiger partial charge in [-0.2, -0.15) is 5.26 Å². The number of nitrogens with zero attached hydrogens (tertiary/aromatic N) is 1. The summed E-state index contributed by atoms with van der Waals surface area (Å²) >= 11 is 6.15. The zero-order chi connectivity index (χ0) is 27.2. The Bertz CT molecular complexity index is 1470. The lowest BCUT2D eigenvalue weighted by atomic mass is 9.86. The molecular formula is C28H25BrN4O3S2. The molecular weight excluding hydrogens is 584 g/mol. The number of hydrogen-bond acceptors (Lipinski definition) is 7. The van der Waals surface area contributed by atoms with Gasteiger partial charge in [0, 0.05) is 31.2 Å². The summed E-state index contributed by atoms with van der Waals surface area (Å²) in [6.07, 6.45) is 0. The number of carbonyl (C=O) groups is 2. The van der Waals surface area contributed by atoms with Crippen LogP contribution in [-0.2, 0) is 9.59 Å². The average molecular weight is 610 g/mol. The Labute approximate surface area is 238 Å². The van der Waals surface area contributed by atoms with Crippen LogP contribution >= 0.6 is 39.0 Å². The lowest BCUT2D eigenvalue weighted by Gasteiger charge is -2.29. The number of para-hydroxylation sites is 2. The second kappa shape index (κ2) is 12.3. The molecule has 1 aliphatic rings. The number of nitriles is 1. The van der Waals surface area contributed by atoms with Gasteiger partial charge in [0.2, 0.25) is 5.91 Å². The number of dihydropyridines is 1. The van der Waals surface area contributed by atoms with Crippen LogP contribution < -0.4 is 20.7 Å². The highest BCUT2D eigenvalue weighted by molar-refractivity contribution is 9.10. The molecule has 38 heavy (non-hydrogen) atoms. The summed E-state index contributed by atoms with van der Waals surface area (Å²) in [5.74, 6) is -0.480. The van der Waals surface area contributed by atoms with Gasteiger partial charge in [0.15, 0.2) is 0 Å².